The first kappa shape index (κ1) is 12.5. The van der Waals surface area contributed by atoms with Gasteiger partial charge in [0.25, 0.3) is 0 Å². The molecule has 0 atom stereocenters. The van der Waals surface area contributed by atoms with Crippen molar-refractivity contribution in [2.45, 2.75) is 33.1 Å². The van der Waals surface area contributed by atoms with Crippen molar-refractivity contribution in [3.63, 3.8) is 0 Å². The number of aromatic nitrogens is 1. The number of carbonyl (C=O) groups is 1. The Morgan fingerprint density at radius 2 is 2.19 bits per heavy atom. The highest BCUT2D eigenvalue weighted by atomic mass is 16.5. The number of rotatable bonds is 4. The van der Waals surface area contributed by atoms with Crippen molar-refractivity contribution in [2.75, 3.05) is 7.11 Å². The fourth-order valence-electron chi connectivity index (χ4n) is 1.61. The molecule has 4 nitrogen and oxygen atoms in total. The number of hydrogen-bond donors (Lipinski definition) is 1. The molecule has 0 aliphatic carbocycles. The van der Waals surface area contributed by atoms with Gasteiger partial charge in [-0.05, 0) is 19.8 Å². The van der Waals surface area contributed by atoms with Gasteiger partial charge in [-0.2, -0.15) is 0 Å². The van der Waals surface area contributed by atoms with E-state index >= 15 is 0 Å². The van der Waals surface area contributed by atoms with Crippen LogP contribution >= 0.6 is 0 Å². The van der Waals surface area contributed by atoms with E-state index in [0.29, 0.717) is 5.69 Å². The number of esters is 1. The number of nitrogens with one attached hydrogen (secondary N) is 1. The summed E-state index contributed by atoms with van der Waals surface area (Å²) in [6.45, 7) is 3.80. The second-order valence-electron chi connectivity index (χ2n) is 3.75. The molecule has 0 bridgehead atoms. The fraction of sp³-hybridized carbons (Fsp3) is 0.500. The summed E-state index contributed by atoms with van der Waals surface area (Å²) in [5, 5.41) is 0. The van der Waals surface area contributed by atoms with Crippen LogP contribution in [0, 0.1) is 6.92 Å². The third kappa shape index (κ3) is 2.72. The van der Waals surface area contributed by atoms with Crippen molar-refractivity contribution < 1.29 is 9.53 Å². The minimum atomic E-state index is -0.583. The van der Waals surface area contributed by atoms with Crippen LogP contribution in [-0.4, -0.2) is 18.1 Å². The molecule has 0 spiro atoms. The van der Waals surface area contributed by atoms with Gasteiger partial charge in [-0.1, -0.05) is 13.3 Å². The number of pyridine rings is 1. The minimum absolute atomic E-state index is 0.0998. The molecule has 1 heterocycles. The van der Waals surface area contributed by atoms with E-state index in [-0.39, 0.29) is 11.0 Å². The van der Waals surface area contributed by atoms with Gasteiger partial charge in [-0.3, -0.25) is 4.79 Å². The lowest BCUT2D eigenvalue weighted by Gasteiger charge is -2.06. The van der Waals surface area contributed by atoms with Crippen molar-refractivity contribution >= 4 is 5.97 Å². The van der Waals surface area contributed by atoms with Crippen molar-refractivity contribution in [2.24, 2.45) is 0 Å². The molecule has 1 rings (SSSR count). The van der Waals surface area contributed by atoms with E-state index in [1.165, 1.54) is 13.2 Å². The Labute approximate surface area is 94.6 Å². The van der Waals surface area contributed by atoms with Gasteiger partial charge in [-0.15, -0.1) is 0 Å². The van der Waals surface area contributed by atoms with Crippen LogP contribution in [0.2, 0.25) is 0 Å². The van der Waals surface area contributed by atoms with Gasteiger partial charge in [0.2, 0.25) is 0 Å². The molecule has 1 N–H and O–H groups in total. The van der Waals surface area contributed by atoms with Gasteiger partial charge >= 0.3 is 5.97 Å². The van der Waals surface area contributed by atoms with E-state index in [0.717, 1.165) is 25.0 Å². The van der Waals surface area contributed by atoms with E-state index in [2.05, 4.69) is 16.6 Å². The van der Waals surface area contributed by atoms with Gasteiger partial charge in [0.05, 0.1) is 7.11 Å². The molecule has 4 heteroatoms. The quantitative estimate of drug-likeness (QED) is 0.792. The summed E-state index contributed by atoms with van der Waals surface area (Å²) in [5.41, 5.74) is 1.28. The average Bonchev–Trinajstić information content (AvgIpc) is 2.25. The molecule has 0 saturated heterocycles. The number of ether oxygens (including phenoxy) is 1. The van der Waals surface area contributed by atoms with E-state index in [4.69, 9.17) is 0 Å². The average molecular weight is 223 g/mol. The smallest absolute Gasteiger partial charge is 0.343 e. The van der Waals surface area contributed by atoms with Crippen LogP contribution in [0.25, 0.3) is 0 Å². The molecule has 0 aromatic carbocycles. The van der Waals surface area contributed by atoms with Crippen molar-refractivity contribution in [1.29, 1.82) is 0 Å². The van der Waals surface area contributed by atoms with E-state index in [1.807, 2.05) is 0 Å². The normalized spacial score (nSPS) is 10.2. The molecule has 0 aliphatic rings. The summed E-state index contributed by atoms with van der Waals surface area (Å²) < 4.78 is 4.56. The third-order valence-corrected chi connectivity index (χ3v) is 2.46. The number of H-pyrrole nitrogens is 1. The van der Waals surface area contributed by atoms with Gasteiger partial charge in [0.15, 0.2) is 5.43 Å². The standard InChI is InChI=1S/C12H17NO3/c1-4-5-6-9-7-10(14)11(8(2)13-9)12(15)16-3/h7H,4-6H2,1-3H3,(H,13,14). The van der Waals surface area contributed by atoms with Crippen LogP contribution in [0.1, 0.15) is 41.5 Å². The molecular formula is C12H17NO3. The lowest BCUT2D eigenvalue weighted by molar-refractivity contribution is 0.0598. The predicted molar refractivity (Wildman–Crippen MR) is 61.8 cm³/mol. The van der Waals surface area contributed by atoms with Crippen LogP contribution in [-0.2, 0) is 11.2 Å². The highest BCUT2D eigenvalue weighted by Crippen LogP contribution is 2.05. The summed E-state index contributed by atoms with van der Waals surface area (Å²) in [7, 11) is 1.27. The summed E-state index contributed by atoms with van der Waals surface area (Å²) in [6, 6.07) is 1.48. The van der Waals surface area contributed by atoms with Gasteiger partial charge in [0.1, 0.15) is 5.56 Å². The molecule has 1 aromatic rings. The van der Waals surface area contributed by atoms with Crippen LogP contribution in [0.15, 0.2) is 10.9 Å². The van der Waals surface area contributed by atoms with Crippen LogP contribution in [0.4, 0.5) is 0 Å². The Kier molecular flexibility index (Phi) is 4.28. The van der Waals surface area contributed by atoms with E-state index in [1.54, 1.807) is 6.92 Å². The second kappa shape index (κ2) is 5.49. The zero-order chi connectivity index (χ0) is 12.1. The Balaban J connectivity index is 3.08. The first-order chi connectivity index (χ1) is 7.60. The molecular weight excluding hydrogens is 206 g/mol. The molecule has 0 fully saturated rings. The number of aromatic amines is 1. The zero-order valence-electron chi connectivity index (χ0n) is 9.92. The highest BCUT2D eigenvalue weighted by Gasteiger charge is 2.14. The van der Waals surface area contributed by atoms with E-state index in [9.17, 15) is 9.59 Å². The largest absolute Gasteiger partial charge is 0.465 e. The molecule has 88 valence electrons. The summed E-state index contributed by atoms with van der Waals surface area (Å²) in [4.78, 5) is 26.1. The lowest BCUT2D eigenvalue weighted by atomic mass is 10.1. The van der Waals surface area contributed by atoms with Crippen molar-refractivity contribution in [1.82, 2.24) is 4.98 Å². The molecule has 16 heavy (non-hydrogen) atoms. The van der Waals surface area contributed by atoms with Crippen LogP contribution < -0.4 is 5.43 Å². The fourth-order valence-corrected chi connectivity index (χ4v) is 1.61. The third-order valence-electron chi connectivity index (χ3n) is 2.46. The number of hydrogen-bond acceptors (Lipinski definition) is 3. The maximum atomic E-state index is 11.7. The van der Waals surface area contributed by atoms with E-state index < -0.39 is 5.97 Å². The molecule has 1 aromatic heterocycles. The summed E-state index contributed by atoms with van der Waals surface area (Å²) in [6.07, 6.45) is 2.92. The second-order valence-corrected chi connectivity index (χ2v) is 3.75. The summed E-state index contributed by atoms with van der Waals surface area (Å²) >= 11 is 0. The Morgan fingerprint density at radius 3 is 2.69 bits per heavy atom. The molecule has 0 radical (unpaired) electrons. The van der Waals surface area contributed by atoms with Gasteiger partial charge < -0.3 is 9.72 Å². The molecule has 0 amide bonds. The number of methoxy groups -OCH3 is 1. The number of aryl methyl sites for hydroxylation is 2. The molecule has 0 unspecified atom stereocenters. The summed E-state index contributed by atoms with van der Waals surface area (Å²) in [5.74, 6) is -0.583. The van der Waals surface area contributed by atoms with Crippen molar-refractivity contribution in [3.8, 4) is 0 Å². The van der Waals surface area contributed by atoms with Crippen molar-refractivity contribution in [3.05, 3.63) is 33.2 Å². The number of unbranched alkanes of at least 4 members (excludes halogenated alkanes) is 1. The van der Waals surface area contributed by atoms with Gasteiger partial charge in [0, 0.05) is 17.5 Å². The predicted octanol–water partition coefficient (Wildman–Crippen LogP) is 1.81. The molecule has 0 aliphatic heterocycles. The highest BCUT2D eigenvalue weighted by molar-refractivity contribution is 5.90. The van der Waals surface area contributed by atoms with Gasteiger partial charge in [-0.25, -0.2) is 4.79 Å². The lowest BCUT2D eigenvalue weighted by Crippen LogP contribution is -2.20. The monoisotopic (exact) mass is 223 g/mol. The minimum Gasteiger partial charge on any atom is -0.465 e. The van der Waals surface area contributed by atoms with Crippen LogP contribution in [0.5, 0.6) is 0 Å². The maximum absolute atomic E-state index is 11.7. The number of carbonyl (C=O) groups excluding carboxylic acids is 1. The zero-order valence-corrected chi connectivity index (χ0v) is 9.92. The first-order valence-electron chi connectivity index (χ1n) is 5.41. The SMILES string of the molecule is CCCCc1cc(=O)c(C(=O)OC)c(C)[nH]1. The first-order valence-corrected chi connectivity index (χ1v) is 5.41. The Bertz CT molecular complexity index is 434. The molecule has 0 saturated carbocycles. The maximum Gasteiger partial charge on any atom is 0.343 e. The Morgan fingerprint density at radius 1 is 1.50 bits per heavy atom. The topological polar surface area (TPSA) is 59.2 Å². The Hall–Kier alpha value is -1.58. The van der Waals surface area contributed by atoms with Crippen LogP contribution in [0.3, 0.4) is 0 Å².